The molecule has 3 rings (SSSR count). The second kappa shape index (κ2) is 30.8. The summed E-state index contributed by atoms with van der Waals surface area (Å²) in [5.74, 6) is -0.534. The fraction of sp³-hybridized carbons (Fsp3) is 0.611. The second-order valence-electron chi connectivity index (χ2n) is 19.8. The Labute approximate surface area is 433 Å². The van der Waals surface area contributed by atoms with Crippen LogP contribution in [0.25, 0.3) is 0 Å². The standard InChI is InChI=1S/C54H83NO19/c1-8-29(2)23-33(6)31(4)18-12-10-9-11-17-30(3)24-38-43(63)47(67)50(70)52(73-38)49(69)45(65)42(62)32(5)19-15-16-22-55-41(61)21-14-13-20-34(57)25-35(58)36(59)26-39-44(64)46(66)48(68)51(72-39)40-27-37(60)53(71)54(7,28-56)74-40/h8-9,11,13-21,34-40,42-53,56-60,62-71H,1-2,6,10,12,22-28H2,3-5,7H3,(H,55,61)/b11-9+,16-15+,20-13+,21-14+,30-17+,31-18+,32-19+/t34?,35?,36?,37-,38-,39+,40+,42?,43-,44+,45?,46?,47+,48+,49?,50-,51-,52-,53-,54+/m0/s1. The van der Waals surface area contributed by atoms with Crippen LogP contribution in [0.15, 0.2) is 121 Å². The Morgan fingerprint density at radius 1 is 0.784 bits per heavy atom. The first kappa shape index (κ1) is 64.4. The van der Waals surface area contributed by atoms with E-state index >= 15 is 0 Å². The fourth-order valence-electron chi connectivity index (χ4n) is 8.69. The van der Waals surface area contributed by atoms with E-state index in [1.807, 2.05) is 25.2 Å². The van der Waals surface area contributed by atoms with Crippen molar-refractivity contribution in [2.45, 2.75) is 194 Å². The van der Waals surface area contributed by atoms with E-state index in [2.05, 4.69) is 31.1 Å². The molecule has 16 N–H and O–H groups in total. The SMILES string of the molecule is C=CC(=C)CC(=C)/C(C)=C/CC/C=C/C=C(\C)C[C@@H]1O[C@@H](C(O)C(O)C(O)/C(C)=C/C=C/CNC(=O)/C=C/C=C/C(O)CC(O)C(O)C[C@H]2O[C@@H]([C@H]3C[C@H](O)[C@H](O)[C@@](C)(CO)O3)[C@H](O)C(O)[C@@H]2O)[C@@H](O)[C@H](O)[C@H]1O. The number of aliphatic hydroxyl groups is 15. The molecule has 0 radical (unpaired) electrons. The molecule has 3 aliphatic rings. The third-order valence-electron chi connectivity index (χ3n) is 13.6. The van der Waals surface area contributed by atoms with Crippen LogP contribution >= 0.6 is 0 Å². The molecule has 3 heterocycles. The van der Waals surface area contributed by atoms with E-state index in [1.165, 1.54) is 50.3 Å². The van der Waals surface area contributed by atoms with E-state index in [0.717, 1.165) is 41.2 Å². The quantitative estimate of drug-likeness (QED) is 0.0265. The van der Waals surface area contributed by atoms with Crippen molar-refractivity contribution in [2.24, 2.45) is 0 Å². The lowest BCUT2D eigenvalue weighted by Crippen LogP contribution is -2.66. The van der Waals surface area contributed by atoms with Gasteiger partial charge in [0.1, 0.15) is 78.8 Å². The molecular formula is C54H83NO19. The third kappa shape index (κ3) is 18.7. The van der Waals surface area contributed by atoms with Gasteiger partial charge >= 0.3 is 0 Å². The van der Waals surface area contributed by atoms with Crippen molar-refractivity contribution in [1.29, 1.82) is 0 Å². The van der Waals surface area contributed by atoms with Crippen molar-refractivity contribution in [1.82, 2.24) is 5.32 Å². The van der Waals surface area contributed by atoms with Crippen LogP contribution in [0.3, 0.4) is 0 Å². The van der Waals surface area contributed by atoms with Crippen LogP contribution in [0.1, 0.15) is 72.6 Å². The minimum absolute atomic E-state index is 0.0241. The van der Waals surface area contributed by atoms with E-state index in [9.17, 15) is 81.4 Å². The molecule has 3 fully saturated rings. The smallest absolute Gasteiger partial charge is 0.244 e. The summed E-state index contributed by atoms with van der Waals surface area (Å²) in [6, 6.07) is 0. The van der Waals surface area contributed by atoms with Crippen molar-refractivity contribution in [2.75, 3.05) is 13.2 Å². The van der Waals surface area contributed by atoms with Crippen LogP contribution < -0.4 is 5.32 Å². The number of unbranched alkanes of at least 4 members (excludes halogenated alkanes) is 1. The van der Waals surface area contributed by atoms with Gasteiger partial charge in [-0.1, -0.05) is 103 Å². The van der Waals surface area contributed by atoms with E-state index < -0.39 is 147 Å². The zero-order valence-corrected chi connectivity index (χ0v) is 42.7. The van der Waals surface area contributed by atoms with Crippen LogP contribution in [0, 0.1) is 0 Å². The molecule has 1 amide bonds. The molecule has 3 aliphatic heterocycles. The number of hydrogen-bond donors (Lipinski definition) is 16. The Kier molecular flexibility index (Phi) is 26.8. The summed E-state index contributed by atoms with van der Waals surface area (Å²) in [5, 5.41) is 161. The van der Waals surface area contributed by atoms with E-state index in [4.69, 9.17) is 14.2 Å². The van der Waals surface area contributed by atoms with Gasteiger partial charge in [-0.15, -0.1) is 0 Å². The number of carbonyl (C=O) groups excluding carboxylic acids is 1. The Hall–Kier alpha value is -3.85. The molecule has 7 unspecified atom stereocenters. The first-order valence-corrected chi connectivity index (χ1v) is 24.8. The van der Waals surface area contributed by atoms with Gasteiger partial charge in [0.05, 0.1) is 49.3 Å². The van der Waals surface area contributed by atoms with Gasteiger partial charge in [-0.05, 0) is 64.5 Å². The normalized spacial score (nSPS) is 34.2. The van der Waals surface area contributed by atoms with Crippen molar-refractivity contribution in [3.8, 4) is 0 Å². The van der Waals surface area contributed by atoms with Crippen LogP contribution in [-0.2, 0) is 19.0 Å². The summed E-state index contributed by atoms with van der Waals surface area (Å²) in [7, 11) is 0. The molecule has 0 spiro atoms. The molecule has 3 saturated heterocycles. The number of rotatable bonds is 27. The predicted octanol–water partition coefficient (Wildman–Crippen LogP) is -1.07. The molecule has 0 aromatic rings. The van der Waals surface area contributed by atoms with Gasteiger partial charge in [0.2, 0.25) is 5.91 Å². The van der Waals surface area contributed by atoms with Crippen LogP contribution in [0.4, 0.5) is 0 Å². The first-order chi connectivity index (χ1) is 34.8. The molecule has 0 aliphatic carbocycles. The minimum Gasteiger partial charge on any atom is -0.393 e. The topological polar surface area (TPSA) is 360 Å². The molecular weight excluding hydrogens is 967 g/mol. The first-order valence-electron chi connectivity index (χ1n) is 24.8. The van der Waals surface area contributed by atoms with Gasteiger partial charge in [0.25, 0.3) is 0 Å². The molecule has 418 valence electrons. The van der Waals surface area contributed by atoms with Crippen molar-refractivity contribution in [3.05, 3.63) is 121 Å². The molecule has 0 aromatic heterocycles. The maximum absolute atomic E-state index is 12.3. The Bertz CT molecular complexity index is 2030. The van der Waals surface area contributed by atoms with Gasteiger partial charge in [0.15, 0.2) is 0 Å². The number of carbonyl (C=O) groups is 1. The average molecular weight is 1050 g/mol. The number of allylic oxidation sites excluding steroid dienone is 12. The average Bonchev–Trinajstić information content (AvgIpc) is 3.36. The maximum atomic E-state index is 12.3. The largest absolute Gasteiger partial charge is 0.393 e. The summed E-state index contributed by atoms with van der Waals surface area (Å²) < 4.78 is 17.4. The second-order valence-corrected chi connectivity index (χ2v) is 19.8. The number of ether oxygens (including phenoxy) is 3. The predicted molar refractivity (Wildman–Crippen MR) is 273 cm³/mol. The van der Waals surface area contributed by atoms with Crippen LogP contribution in [0.2, 0.25) is 0 Å². The van der Waals surface area contributed by atoms with E-state index in [-0.39, 0.29) is 25.0 Å². The summed E-state index contributed by atoms with van der Waals surface area (Å²) in [6.45, 7) is 17.7. The Morgan fingerprint density at radius 3 is 2.09 bits per heavy atom. The highest BCUT2D eigenvalue weighted by molar-refractivity contribution is 5.87. The molecule has 20 nitrogen and oxygen atoms in total. The lowest BCUT2D eigenvalue weighted by molar-refractivity contribution is -0.299. The molecule has 74 heavy (non-hydrogen) atoms. The number of hydrogen-bond acceptors (Lipinski definition) is 19. The van der Waals surface area contributed by atoms with Crippen LogP contribution in [-0.4, -0.2) is 217 Å². The summed E-state index contributed by atoms with van der Waals surface area (Å²) in [6.07, 6.45) is -9.40. The molecule has 0 bridgehead atoms. The van der Waals surface area contributed by atoms with Gasteiger partial charge in [-0.2, -0.15) is 0 Å². The van der Waals surface area contributed by atoms with Gasteiger partial charge in [0, 0.05) is 31.9 Å². The molecule has 20 heteroatoms. The van der Waals surface area contributed by atoms with E-state index in [0.29, 0.717) is 6.42 Å². The number of amides is 1. The third-order valence-corrected chi connectivity index (χ3v) is 13.6. The minimum atomic E-state index is -1.89. The Balaban J connectivity index is 1.44. The Morgan fingerprint density at radius 2 is 1.43 bits per heavy atom. The lowest BCUT2D eigenvalue weighted by atomic mass is 9.83. The molecule has 20 atom stereocenters. The summed E-state index contributed by atoms with van der Waals surface area (Å²) in [4.78, 5) is 12.3. The number of aliphatic hydroxyl groups excluding tert-OH is 15. The van der Waals surface area contributed by atoms with Gasteiger partial charge in [-0.25, -0.2) is 0 Å². The molecule has 0 saturated carbocycles. The van der Waals surface area contributed by atoms with Crippen molar-refractivity contribution < 1.29 is 95.6 Å². The zero-order valence-electron chi connectivity index (χ0n) is 42.7. The highest BCUT2D eigenvalue weighted by Gasteiger charge is 2.54. The highest BCUT2D eigenvalue weighted by Crippen LogP contribution is 2.36. The zero-order chi connectivity index (χ0) is 55.6. The van der Waals surface area contributed by atoms with E-state index in [1.54, 1.807) is 13.0 Å². The number of nitrogens with one attached hydrogen (secondary N) is 1. The van der Waals surface area contributed by atoms with Crippen molar-refractivity contribution >= 4 is 5.91 Å². The van der Waals surface area contributed by atoms with Gasteiger partial charge in [-0.3, -0.25) is 4.79 Å². The fourth-order valence-corrected chi connectivity index (χ4v) is 8.69. The maximum Gasteiger partial charge on any atom is 0.244 e. The summed E-state index contributed by atoms with van der Waals surface area (Å²) in [5.41, 5.74) is 2.28. The van der Waals surface area contributed by atoms with Crippen molar-refractivity contribution in [3.63, 3.8) is 0 Å². The van der Waals surface area contributed by atoms with Gasteiger partial charge < -0.3 is 96.1 Å². The monoisotopic (exact) mass is 1050 g/mol. The van der Waals surface area contributed by atoms with Crippen LogP contribution in [0.5, 0.6) is 0 Å². The molecule has 0 aromatic carbocycles. The lowest BCUT2D eigenvalue weighted by Gasteiger charge is -2.50. The highest BCUT2D eigenvalue weighted by atomic mass is 16.6. The summed E-state index contributed by atoms with van der Waals surface area (Å²) >= 11 is 0.